The summed E-state index contributed by atoms with van der Waals surface area (Å²) in [6.07, 6.45) is 2.72. The van der Waals surface area contributed by atoms with E-state index < -0.39 is 5.97 Å². The van der Waals surface area contributed by atoms with Crippen molar-refractivity contribution in [3.8, 4) is 0 Å². The summed E-state index contributed by atoms with van der Waals surface area (Å²) < 4.78 is 0. The van der Waals surface area contributed by atoms with E-state index in [1.54, 1.807) is 6.08 Å². The molecule has 1 heterocycles. The van der Waals surface area contributed by atoms with Gasteiger partial charge in [-0.1, -0.05) is 12.1 Å². The Labute approximate surface area is 105 Å². The predicted molar refractivity (Wildman–Crippen MR) is 69.3 cm³/mol. The van der Waals surface area contributed by atoms with E-state index in [0.717, 1.165) is 28.5 Å². The number of H-pyrrole nitrogens is 1. The smallest absolute Gasteiger partial charge is 0.328 e. The Morgan fingerprint density at radius 2 is 2.39 bits per heavy atom. The predicted octanol–water partition coefficient (Wildman–Crippen LogP) is 1.60. The molecule has 0 aliphatic heterocycles. The monoisotopic (exact) mass is 245 g/mol. The molecular weight excluding hydrogens is 230 g/mol. The van der Waals surface area contributed by atoms with Crippen LogP contribution in [0.25, 0.3) is 11.0 Å². The molecule has 0 atom stereocenters. The van der Waals surface area contributed by atoms with Crippen molar-refractivity contribution in [2.24, 2.45) is 0 Å². The van der Waals surface area contributed by atoms with Gasteiger partial charge < -0.3 is 15.4 Å². The molecule has 0 fully saturated rings. The van der Waals surface area contributed by atoms with Crippen LogP contribution in [0.2, 0.25) is 0 Å². The Morgan fingerprint density at radius 1 is 1.56 bits per heavy atom. The lowest BCUT2D eigenvalue weighted by Crippen LogP contribution is -2.13. The summed E-state index contributed by atoms with van der Waals surface area (Å²) in [6.45, 7) is 3.15. The van der Waals surface area contributed by atoms with E-state index in [9.17, 15) is 4.79 Å². The van der Waals surface area contributed by atoms with Crippen molar-refractivity contribution in [3.63, 3.8) is 0 Å². The van der Waals surface area contributed by atoms with Crippen LogP contribution in [0.4, 0.5) is 0 Å². The lowest BCUT2D eigenvalue weighted by Gasteiger charge is -2.01. The molecule has 2 rings (SSSR count). The highest BCUT2D eigenvalue weighted by atomic mass is 16.4. The molecule has 0 bridgehead atoms. The fourth-order valence-electron chi connectivity index (χ4n) is 1.75. The second-order valence-corrected chi connectivity index (χ2v) is 4.05. The number of carboxylic acids is 1. The summed E-state index contributed by atoms with van der Waals surface area (Å²) in [5, 5.41) is 11.6. The third kappa shape index (κ3) is 3.18. The zero-order chi connectivity index (χ0) is 13.0. The first-order valence-electron chi connectivity index (χ1n) is 5.70. The van der Waals surface area contributed by atoms with Crippen molar-refractivity contribution >= 4 is 17.0 Å². The molecular formula is C13H15N3O2. The maximum Gasteiger partial charge on any atom is 0.328 e. The van der Waals surface area contributed by atoms with Gasteiger partial charge in [-0.25, -0.2) is 9.78 Å². The molecule has 2 aromatic rings. The van der Waals surface area contributed by atoms with Crippen LogP contribution >= 0.6 is 0 Å². The van der Waals surface area contributed by atoms with E-state index in [2.05, 4.69) is 15.3 Å². The van der Waals surface area contributed by atoms with Crippen LogP contribution in [0.15, 0.2) is 30.4 Å². The number of aliphatic carboxylic acids is 1. The van der Waals surface area contributed by atoms with Crippen LogP contribution in [-0.2, 0) is 11.3 Å². The summed E-state index contributed by atoms with van der Waals surface area (Å²) in [4.78, 5) is 17.8. The third-order valence-electron chi connectivity index (χ3n) is 2.52. The average Bonchev–Trinajstić information content (AvgIpc) is 2.67. The van der Waals surface area contributed by atoms with Crippen molar-refractivity contribution in [3.05, 3.63) is 41.7 Å². The zero-order valence-corrected chi connectivity index (χ0v) is 10.1. The fraction of sp³-hybridized carbons (Fsp3) is 0.231. The Balaban J connectivity index is 1.93. The van der Waals surface area contributed by atoms with Crippen molar-refractivity contribution in [2.45, 2.75) is 13.5 Å². The summed E-state index contributed by atoms with van der Waals surface area (Å²) in [6, 6.07) is 6.03. The van der Waals surface area contributed by atoms with Crippen molar-refractivity contribution in [1.82, 2.24) is 15.3 Å². The lowest BCUT2D eigenvalue weighted by atomic mass is 10.2. The van der Waals surface area contributed by atoms with E-state index in [-0.39, 0.29) is 0 Å². The summed E-state index contributed by atoms with van der Waals surface area (Å²) >= 11 is 0. The Morgan fingerprint density at radius 3 is 3.17 bits per heavy atom. The highest BCUT2D eigenvalue weighted by Gasteiger charge is 2.00. The Bertz CT molecular complexity index is 587. The number of aromatic nitrogens is 2. The van der Waals surface area contributed by atoms with Gasteiger partial charge in [0.2, 0.25) is 0 Å². The summed E-state index contributed by atoms with van der Waals surface area (Å²) in [5.41, 5.74) is 3.12. The van der Waals surface area contributed by atoms with Gasteiger partial charge >= 0.3 is 5.97 Å². The van der Waals surface area contributed by atoms with Gasteiger partial charge in [-0.2, -0.15) is 0 Å². The normalized spacial score (nSPS) is 11.4. The molecule has 1 aromatic heterocycles. The van der Waals surface area contributed by atoms with E-state index >= 15 is 0 Å². The van der Waals surface area contributed by atoms with E-state index in [0.29, 0.717) is 13.1 Å². The SMILES string of the molecule is Cc1nc2ccc(CNC/C=C/C(=O)O)cc2[nH]1. The number of imidazole rings is 1. The van der Waals surface area contributed by atoms with Crippen molar-refractivity contribution in [1.29, 1.82) is 0 Å². The molecule has 0 radical (unpaired) electrons. The highest BCUT2D eigenvalue weighted by molar-refractivity contribution is 5.79. The first kappa shape index (κ1) is 12.3. The minimum atomic E-state index is -0.925. The van der Waals surface area contributed by atoms with Gasteiger partial charge in [-0.05, 0) is 24.6 Å². The van der Waals surface area contributed by atoms with Gasteiger partial charge in [0.25, 0.3) is 0 Å². The number of carbonyl (C=O) groups is 1. The largest absolute Gasteiger partial charge is 0.478 e. The molecule has 0 aliphatic rings. The van der Waals surface area contributed by atoms with Crippen molar-refractivity contribution < 1.29 is 9.90 Å². The van der Waals surface area contributed by atoms with Crippen LogP contribution in [-0.4, -0.2) is 27.6 Å². The number of aryl methyl sites for hydroxylation is 1. The van der Waals surface area contributed by atoms with Gasteiger partial charge in [0.15, 0.2) is 0 Å². The molecule has 5 heteroatoms. The molecule has 5 nitrogen and oxygen atoms in total. The van der Waals surface area contributed by atoms with Crippen LogP contribution < -0.4 is 5.32 Å². The topological polar surface area (TPSA) is 78.0 Å². The molecule has 3 N–H and O–H groups in total. The second kappa shape index (κ2) is 5.46. The standard InChI is InChI=1S/C13H15N3O2/c1-9-15-11-5-4-10(7-12(11)16-9)8-14-6-2-3-13(17)18/h2-5,7,14H,6,8H2,1H3,(H,15,16)(H,17,18)/b3-2+. The molecule has 0 spiro atoms. The fourth-order valence-corrected chi connectivity index (χ4v) is 1.75. The molecule has 1 aromatic carbocycles. The molecule has 0 aliphatic carbocycles. The average molecular weight is 245 g/mol. The molecule has 0 amide bonds. The second-order valence-electron chi connectivity index (χ2n) is 4.05. The zero-order valence-electron chi connectivity index (χ0n) is 10.1. The van der Waals surface area contributed by atoms with E-state index in [1.165, 1.54) is 0 Å². The van der Waals surface area contributed by atoms with Crippen LogP contribution in [0.5, 0.6) is 0 Å². The van der Waals surface area contributed by atoms with Gasteiger partial charge in [-0.15, -0.1) is 0 Å². The molecule has 0 saturated carbocycles. The van der Waals surface area contributed by atoms with Gasteiger partial charge in [0.05, 0.1) is 11.0 Å². The number of hydrogen-bond donors (Lipinski definition) is 3. The first-order chi connectivity index (χ1) is 8.65. The number of nitrogens with zero attached hydrogens (tertiary/aromatic N) is 1. The van der Waals surface area contributed by atoms with Crippen LogP contribution in [0, 0.1) is 6.92 Å². The lowest BCUT2D eigenvalue weighted by molar-refractivity contribution is -0.131. The van der Waals surface area contributed by atoms with Gasteiger partial charge in [0.1, 0.15) is 5.82 Å². The molecule has 18 heavy (non-hydrogen) atoms. The summed E-state index contributed by atoms with van der Waals surface area (Å²) in [7, 11) is 0. The molecule has 0 saturated heterocycles. The third-order valence-corrected chi connectivity index (χ3v) is 2.52. The van der Waals surface area contributed by atoms with E-state index in [1.807, 2.05) is 25.1 Å². The highest BCUT2D eigenvalue weighted by Crippen LogP contribution is 2.13. The first-order valence-corrected chi connectivity index (χ1v) is 5.70. The minimum Gasteiger partial charge on any atom is -0.478 e. The number of benzene rings is 1. The maximum atomic E-state index is 10.3. The maximum absolute atomic E-state index is 10.3. The number of rotatable bonds is 5. The number of carboxylic acid groups (broad SMARTS) is 1. The number of fused-ring (bicyclic) bond motifs is 1. The Kier molecular flexibility index (Phi) is 3.74. The number of aromatic amines is 1. The molecule has 94 valence electrons. The number of nitrogens with one attached hydrogen (secondary N) is 2. The quantitative estimate of drug-likeness (QED) is 0.552. The number of hydrogen-bond acceptors (Lipinski definition) is 3. The summed E-state index contributed by atoms with van der Waals surface area (Å²) in [5.74, 6) is -0.0225. The Hall–Kier alpha value is -2.14. The van der Waals surface area contributed by atoms with Crippen LogP contribution in [0.1, 0.15) is 11.4 Å². The van der Waals surface area contributed by atoms with Gasteiger partial charge in [-0.3, -0.25) is 0 Å². The van der Waals surface area contributed by atoms with Gasteiger partial charge in [0, 0.05) is 19.2 Å². The molecule has 0 unspecified atom stereocenters. The van der Waals surface area contributed by atoms with Crippen LogP contribution in [0.3, 0.4) is 0 Å². The minimum absolute atomic E-state index is 0.534. The van der Waals surface area contributed by atoms with E-state index in [4.69, 9.17) is 5.11 Å². The van der Waals surface area contributed by atoms with Crippen molar-refractivity contribution in [2.75, 3.05) is 6.54 Å².